The van der Waals surface area contributed by atoms with E-state index in [4.69, 9.17) is 10.5 Å². The summed E-state index contributed by atoms with van der Waals surface area (Å²) in [5.74, 6) is 0.810. The number of carbonyl (C=O) groups is 1. The smallest absolute Gasteiger partial charge is 0.253 e. The van der Waals surface area contributed by atoms with E-state index in [1.807, 2.05) is 0 Å². The number of methoxy groups -OCH3 is 1. The number of hydrogen-bond acceptors (Lipinski definition) is 3. The quantitative estimate of drug-likeness (QED) is 0.868. The predicted molar refractivity (Wildman–Crippen MR) is 68.7 cm³/mol. The van der Waals surface area contributed by atoms with E-state index in [0.717, 1.165) is 18.7 Å². The Kier molecular flexibility index (Phi) is 4.78. The van der Waals surface area contributed by atoms with Crippen molar-refractivity contribution < 1.29 is 9.53 Å². The standard InChI is InChI=1S/C12H16N2O2.ClH/c1-16-11-4-2-9(3-5-11)12(15)14-7-6-10(13)8-14;/h2-5,10H,6-8,13H2,1H3;1H. The van der Waals surface area contributed by atoms with Crippen LogP contribution in [0.15, 0.2) is 24.3 Å². The van der Waals surface area contributed by atoms with E-state index in [1.54, 1.807) is 36.3 Å². The summed E-state index contributed by atoms with van der Waals surface area (Å²) in [5.41, 5.74) is 6.46. The first-order valence-corrected chi connectivity index (χ1v) is 5.39. The molecular weight excluding hydrogens is 240 g/mol. The van der Waals surface area contributed by atoms with Gasteiger partial charge in [-0.25, -0.2) is 0 Å². The molecule has 0 spiro atoms. The lowest BCUT2D eigenvalue weighted by Gasteiger charge is -2.15. The van der Waals surface area contributed by atoms with E-state index in [1.165, 1.54) is 0 Å². The molecule has 4 nitrogen and oxygen atoms in total. The maximum atomic E-state index is 12.0. The number of carbonyl (C=O) groups excluding carboxylic acids is 1. The normalized spacial score (nSPS) is 18.7. The van der Waals surface area contributed by atoms with Gasteiger partial charge in [0.25, 0.3) is 5.91 Å². The molecule has 2 N–H and O–H groups in total. The van der Waals surface area contributed by atoms with Crippen molar-refractivity contribution in [3.05, 3.63) is 29.8 Å². The molecular formula is C12H17ClN2O2. The molecule has 0 saturated carbocycles. The first kappa shape index (κ1) is 13.8. The Labute approximate surface area is 107 Å². The number of ether oxygens (including phenoxy) is 1. The fourth-order valence-electron chi connectivity index (χ4n) is 1.89. The van der Waals surface area contributed by atoms with E-state index < -0.39 is 0 Å². The van der Waals surface area contributed by atoms with E-state index in [9.17, 15) is 4.79 Å². The lowest BCUT2D eigenvalue weighted by Crippen LogP contribution is -2.31. The highest BCUT2D eigenvalue weighted by Crippen LogP contribution is 2.15. The van der Waals surface area contributed by atoms with Crippen LogP contribution in [0.1, 0.15) is 16.8 Å². The Hall–Kier alpha value is -1.26. The second-order valence-electron chi connectivity index (χ2n) is 4.03. The summed E-state index contributed by atoms with van der Waals surface area (Å²) in [6, 6.07) is 7.28. The second-order valence-corrected chi connectivity index (χ2v) is 4.03. The number of rotatable bonds is 2. The van der Waals surface area contributed by atoms with Crippen LogP contribution in [0.3, 0.4) is 0 Å². The van der Waals surface area contributed by atoms with E-state index in [-0.39, 0.29) is 24.4 Å². The number of hydrogen-bond donors (Lipinski definition) is 1. The van der Waals surface area contributed by atoms with Crippen molar-refractivity contribution in [3.63, 3.8) is 0 Å². The lowest BCUT2D eigenvalue weighted by atomic mass is 10.2. The summed E-state index contributed by atoms with van der Waals surface area (Å²) in [6.07, 6.45) is 0.891. The highest BCUT2D eigenvalue weighted by Gasteiger charge is 2.24. The maximum absolute atomic E-state index is 12.0. The lowest BCUT2D eigenvalue weighted by molar-refractivity contribution is 0.0791. The van der Waals surface area contributed by atoms with Crippen LogP contribution in [-0.4, -0.2) is 37.0 Å². The molecule has 1 aliphatic heterocycles. The Morgan fingerprint density at radius 1 is 1.41 bits per heavy atom. The van der Waals surface area contributed by atoms with Crippen molar-refractivity contribution in [1.29, 1.82) is 0 Å². The monoisotopic (exact) mass is 256 g/mol. The van der Waals surface area contributed by atoms with Crippen LogP contribution >= 0.6 is 12.4 Å². The number of benzene rings is 1. The van der Waals surface area contributed by atoms with Crippen LogP contribution in [0.5, 0.6) is 5.75 Å². The first-order chi connectivity index (χ1) is 7.70. The summed E-state index contributed by atoms with van der Waals surface area (Å²) in [5, 5.41) is 0. The second kappa shape index (κ2) is 5.89. The van der Waals surface area contributed by atoms with Crippen molar-refractivity contribution in [2.24, 2.45) is 5.73 Å². The molecule has 1 fully saturated rings. The Morgan fingerprint density at radius 2 is 2.06 bits per heavy atom. The van der Waals surface area contributed by atoms with Crippen molar-refractivity contribution in [1.82, 2.24) is 4.90 Å². The van der Waals surface area contributed by atoms with Crippen molar-refractivity contribution in [2.45, 2.75) is 12.5 Å². The molecule has 1 unspecified atom stereocenters. The van der Waals surface area contributed by atoms with Gasteiger partial charge >= 0.3 is 0 Å². The number of amides is 1. The van der Waals surface area contributed by atoms with Gasteiger partial charge in [0.1, 0.15) is 5.75 Å². The molecule has 5 heteroatoms. The van der Waals surface area contributed by atoms with Crippen LogP contribution in [0, 0.1) is 0 Å². The summed E-state index contributed by atoms with van der Waals surface area (Å²) in [7, 11) is 1.61. The van der Waals surface area contributed by atoms with Crippen molar-refractivity contribution in [2.75, 3.05) is 20.2 Å². The number of nitrogens with two attached hydrogens (primary N) is 1. The molecule has 0 radical (unpaired) electrons. The maximum Gasteiger partial charge on any atom is 0.253 e. The van der Waals surface area contributed by atoms with Gasteiger partial charge in [-0.1, -0.05) is 0 Å². The zero-order chi connectivity index (χ0) is 11.5. The number of nitrogens with zero attached hydrogens (tertiary/aromatic N) is 1. The largest absolute Gasteiger partial charge is 0.497 e. The van der Waals surface area contributed by atoms with Crippen molar-refractivity contribution >= 4 is 18.3 Å². The van der Waals surface area contributed by atoms with Gasteiger partial charge in [0.15, 0.2) is 0 Å². The average molecular weight is 257 g/mol. The van der Waals surface area contributed by atoms with Gasteiger partial charge in [0.2, 0.25) is 0 Å². The molecule has 17 heavy (non-hydrogen) atoms. The Morgan fingerprint density at radius 3 is 2.53 bits per heavy atom. The summed E-state index contributed by atoms with van der Waals surface area (Å²) < 4.78 is 5.05. The highest BCUT2D eigenvalue weighted by molar-refractivity contribution is 5.94. The average Bonchev–Trinajstić information content (AvgIpc) is 2.75. The van der Waals surface area contributed by atoms with Crippen LogP contribution < -0.4 is 10.5 Å². The molecule has 1 saturated heterocycles. The molecule has 0 aliphatic carbocycles. The number of halogens is 1. The minimum atomic E-state index is 0. The molecule has 2 rings (SSSR count). The zero-order valence-electron chi connectivity index (χ0n) is 9.76. The minimum Gasteiger partial charge on any atom is -0.497 e. The molecule has 1 atom stereocenters. The van der Waals surface area contributed by atoms with Crippen molar-refractivity contribution in [3.8, 4) is 5.75 Å². The van der Waals surface area contributed by atoms with Gasteiger partial charge in [-0.3, -0.25) is 4.79 Å². The van der Waals surface area contributed by atoms with Gasteiger partial charge in [-0.2, -0.15) is 0 Å². The SMILES string of the molecule is COc1ccc(C(=O)N2CCC(N)C2)cc1.Cl. The van der Waals surface area contributed by atoms with Crippen LogP contribution in [0.2, 0.25) is 0 Å². The van der Waals surface area contributed by atoms with Crippen LogP contribution in [0.4, 0.5) is 0 Å². The van der Waals surface area contributed by atoms with Gasteiger partial charge < -0.3 is 15.4 Å². The molecule has 94 valence electrons. The summed E-state index contributed by atoms with van der Waals surface area (Å²) in [4.78, 5) is 13.8. The third-order valence-electron chi connectivity index (χ3n) is 2.85. The minimum absolute atomic E-state index is 0. The molecule has 1 aromatic carbocycles. The molecule has 1 aromatic rings. The fourth-order valence-corrected chi connectivity index (χ4v) is 1.89. The first-order valence-electron chi connectivity index (χ1n) is 5.39. The third kappa shape index (κ3) is 3.11. The highest BCUT2D eigenvalue weighted by atomic mass is 35.5. The molecule has 1 aliphatic rings. The Bertz CT molecular complexity index is 381. The predicted octanol–water partition coefficient (Wildman–Crippen LogP) is 1.29. The third-order valence-corrected chi connectivity index (χ3v) is 2.85. The van der Waals surface area contributed by atoms with Gasteiger partial charge in [-0.15, -0.1) is 12.4 Å². The fraction of sp³-hybridized carbons (Fsp3) is 0.417. The number of likely N-dealkylation sites (tertiary alicyclic amines) is 1. The molecule has 1 amide bonds. The Balaban J connectivity index is 0.00000144. The summed E-state index contributed by atoms with van der Waals surface area (Å²) >= 11 is 0. The molecule has 0 aromatic heterocycles. The zero-order valence-corrected chi connectivity index (χ0v) is 10.6. The summed E-state index contributed by atoms with van der Waals surface area (Å²) in [6.45, 7) is 1.41. The van der Waals surface area contributed by atoms with E-state index in [0.29, 0.717) is 12.1 Å². The molecule has 1 heterocycles. The molecule has 0 bridgehead atoms. The van der Waals surface area contributed by atoms with Gasteiger partial charge in [-0.05, 0) is 30.7 Å². The van der Waals surface area contributed by atoms with E-state index in [2.05, 4.69) is 0 Å². The van der Waals surface area contributed by atoms with Gasteiger partial charge in [0, 0.05) is 24.7 Å². The van der Waals surface area contributed by atoms with Crippen LogP contribution in [-0.2, 0) is 0 Å². The van der Waals surface area contributed by atoms with Gasteiger partial charge in [0.05, 0.1) is 7.11 Å². The topological polar surface area (TPSA) is 55.6 Å². The van der Waals surface area contributed by atoms with Crippen LogP contribution in [0.25, 0.3) is 0 Å². The van der Waals surface area contributed by atoms with E-state index >= 15 is 0 Å².